The fourth-order valence-electron chi connectivity index (χ4n) is 3.09. The highest BCUT2D eigenvalue weighted by Crippen LogP contribution is 2.29. The minimum atomic E-state index is -0.0330. The zero-order valence-electron chi connectivity index (χ0n) is 14.7. The molecule has 0 atom stereocenters. The summed E-state index contributed by atoms with van der Waals surface area (Å²) in [4.78, 5) is 12.3. The van der Waals surface area contributed by atoms with Gasteiger partial charge in [0.15, 0.2) is 0 Å². The van der Waals surface area contributed by atoms with Crippen LogP contribution in [-0.2, 0) is 17.8 Å². The van der Waals surface area contributed by atoms with E-state index in [1.807, 2.05) is 24.3 Å². The summed E-state index contributed by atoms with van der Waals surface area (Å²) in [5, 5.41) is 4.63. The van der Waals surface area contributed by atoms with Crippen LogP contribution < -0.4 is 5.32 Å². The molecule has 3 aromatic rings. The maximum absolute atomic E-state index is 12.3. The van der Waals surface area contributed by atoms with Gasteiger partial charge in [0.25, 0.3) is 0 Å². The van der Waals surface area contributed by atoms with Crippen molar-refractivity contribution in [3.8, 4) is 0 Å². The van der Waals surface area contributed by atoms with Crippen molar-refractivity contribution < 1.29 is 9.21 Å². The van der Waals surface area contributed by atoms with Gasteiger partial charge in [-0.1, -0.05) is 37.6 Å². The number of furan rings is 1. The minimum Gasteiger partial charge on any atom is -0.464 e. The van der Waals surface area contributed by atoms with Gasteiger partial charge in [-0.05, 0) is 53.8 Å². The highest BCUT2D eigenvalue weighted by atomic mass is 35.5. The lowest BCUT2D eigenvalue weighted by Gasteiger charge is -2.10. The smallest absolute Gasteiger partial charge is 0.224 e. The number of nitrogens with one attached hydrogen (secondary N) is 1. The molecule has 0 bridgehead atoms. The maximum Gasteiger partial charge on any atom is 0.224 e. The van der Waals surface area contributed by atoms with Gasteiger partial charge in [-0.15, -0.1) is 0 Å². The zero-order chi connectivity index (χ0) is 18.0. The second-order valence-electron chi connectivity index (χ2n) is 6.70. The van der Waals surface area contributed by atoms with Crippen LogP contribution in [0.4, 0.5) is 0 Å². The van der Waals surface area contributed by atoms with Crippen LogP contribution in [-0.4, -0.2) is 5.91 Å². The summed E-state index contributed by atoms with van der Waals surface area (Å²) in [6.07, 6.45) is 1.99. The minimum absolute atomic E-state index is 0.0330. The van der Waals surface area contributed by atoms with E-state index in [1.165, 1.54) is 11.1 Å². The molecule has 3 rings (SSSR count). The molecule has 1 amide bonds. The highest BCUT2D eigenvalue weighted by Gasteiger charge is 2.14. The molecule has 4 heteroatoms. The first-order valence-electron chi connectivity index (χ1n) is 8.46. The van der Waals surface area contributed by atoms with Gasteiger partial charge in [0.2, 0.25) is 5.91 Å². The molecule has 0 unspecified atom stereocenters. The van der Waals surface area contributed by atoms with E-state index in [1.54, 1.807) is 6.26 Å². The van der Waals surface area contributed by atoms with Crippen molar-refractivity contribution >= 4 is 28.5 Å². The van der Waals surface area contributed by atoms with Crippen molar-refractivity contribution in [2.24, 2.45) is 0 Å². The molecule has 0 fully saturated rings. The molecule has 0 aliphatic heterocycles. The molecule has 1 heterocycles. The lowest BCUT2D eigenvalue weighted by Crippen LogP contribution is -2.24. The molecule has 3 nitrogen and oxygen atoms in total. The molecular formula is C21H22ClNO2. The van der Waals surface area contributed by atoms with Crippen molar-refractivity contribution in [1.82, 2.24) is 5.32 Å². The number of carbonyl (C=O) groups excluding carboxylic acids is 1. The summed E-state index contributed by atoms with van der Waals surface area (Å²) in [7, 11) is 0. The third kappa shape index (κ3) is 4.05. The van der Waals surface area contributed by atoms with Gasteiger partial charge in [-0.2, -0.15) is 0 Å². The van der Waals surface area contributed by atoms with E-state index in [0.29, 0.717) is 23.9 Å². The fourth-order valence-corrected chi connectivity index (χ4v) is 3.30. The maximum atomic E-state index is 12.3. The van der Waals surface area contributed by atoms with E-state index in [0.717, 1.165) is 22.1 Å². The van der Waals surface area contributed by atoms with Crippen molar-refractivity contribution in [3.63, 3.8) is 0 Å². The predicted molar refractivity (Wildman–Crippen MR) is 102 cm³/mol. The first kappa shape index (κ1) is 17.6. The molecule has 1 N–H and O–H groups in total. The number of carbonyl (C=O) groups is 1. The summed E-state index contributed by atoms with van der Waals surface area (Å²) in [6.45, 7) is 6.90. The third-order valence-corrected chi connectivity index (χ3v) is 4.63. The van der Waals surface area contributed by atoms with Gasteiger partial charge in [0, 0.05) is 22.5 Å². The van der Waals surface area contributed by atoms with Gasteiger partial charge in [0.05, 0.1) is 12.7 Å². The summed E-state index contributed by atoms with van der Waals surface area (Å²) < 4.78 is 5.65. The molecule has 0 radical (unpaired) electrons. The van der Waals surface area contributed by atoms with Gasteiger partial charge >= 0.3 is 0 Å². The molecule has 0 spiro atoms. The predicted octanol–water partition coefficient (Wildman–Crippen LogP) is 5.38. The second-order valence-corrected chi connectivity index (χ2v) is 7.14. The SMILES string of the molecule is Cc1cc2occ(CC(=O)NCc3cccc(Cl)c3)c2cc1C(C)C. The Morgan fingerprint density at radius 1 is 1.24 bits per heavy atom. The molecular weight excluding hydrogens is 334 g/mol. The zero-order valence-corrected chi connectivity index (χ0v) is 15.5. The first-order chi connectivity index (χ1) is 11.9. The van der Waals surface area contributed by atoms with Crippen molar-refractivity contribution in [2.75, 3.05) is 0 Å². The fraction of sp³-hybridized carbons (Fsp3) is 0.286. The molecule has 0 aliphatic carbocycles. The van der Waals surface area contributed by atoms with Crippen LogP contribution >= 0.6 is 11.6 Å². The van der Waals surface area contributed by atoms with Gasteiger partial charge in [-0.25, -0.2) is 0 Å². The largest absolute Gasteiger partial charge is 0.464 e. The number of rotatable bonds is 5. The number of hydrogen-bond acceptors (Lipinski definition) is 2. The number of hydrogen-bond donors (Lipinski definition) is 1. The molecule has 0 saturated carbocycles. The Kier molecular flexibility index (Phi) is 5.14. The quantitative estimate of drug-likeness (QED) is 0.667. The summed E-state index contributed by atoms with van der Waals surface area (Å²) in [5.74, 6) is 0.401. The number of amides is 1. The Hall–Kier alpha value is -2.26. The molecule has 1 aromatic heterocycles. The molecule has 130 valence electrons. The van der Waals surface area contributed by atoms with Crippen LogP contribution in [0.15, 0.2) is 47.1 Å². The number of halogens is 1. The lowest BCUT2D eigenvalue weighted by atomic mass is 9.95. The summed E-state index contributed by atoms with van der Waals surface area (Å²) >= 11 is 5.97. The van der Waals surface area contributed by atoms with Crippen LogP contribution in [0, 0.1) is 6.92 Å². The molecule has 25 heavy (non-hydrogen) atoms. The Morgan fingerprint density at radius 2 is 2.04 bits per heavy atom. The third-order valence-electron chi connectivity index (χ3n) is 4.39. The first-order valence-corrected chi connectivity index (χ1v) is 8.83. The summed E-state index contributed by atoms with van der Waals surface area (Å²) in [6, 6.07) is 11.7. The van der Waals surface area contributed by atoms with E-state index < -0.39 is 0 Å². The Labute approximate surface area is 153 Å². The monoisotopic (exact) mass is 355 g/mol. The number of aryl methyl sites for hydroxylation is 1. The second kappa shape index (κ2) is 7.32. The van der Waals surface area contributed by atoms with Crippen LogP contribution in [0.5, 0.6) is 0 Å². The van der Waals surface area contributed by atoms with E-state index in [4.69, 9.17) is 16.0 Å². The molecule has 0 saturated heterocycles. The van der Waals surface area contributed by atoms with Gasteiger partial charge < -0.3 is 9.73 Å². The van der Waals surface area contributed by atoms with E-state index >= 15 is 0 Å². The summed E-state index contributed by atoms with van der Waals surface area (Å²) in [5.41, 5.74) is 5.24. The Balaban J connectivity index is 1.73. The average molecular weight is 356 g/mol. The van der Waals surface area contributed by atoms with Gasteiger partial charge in [0.1, 0.15) is 5.58 Å². The van der Waals surface area contributed by atoms with E-state index in [9.17, 15) is 4.79 Å². The number of benzene rings is 2. The standard InChI is InChI=1S/C21H22ClNO2/c1-13(2)18-10-19-16(12-25-20(19)7-14(18)3)9-21(24)23-11-15-5-4-6-17(22)8-15/h4-8,10,12-13H,9,11H2,1-3H3,(H,23,24). The normalized spacial score (nSPS) is 11.2. The topological polar surface area (TPSA) is 42.2 Å². The average Bonchev–Trinajstić information content (AvgIpc) is 2.94. The van der Waals surface area contributed by atoms with E-state index in [2.05, 4.69) is 38.2 Å². The van der Waals surface area contributed by atoms with Gasteiger partial charge in [-0.3, -0.25) is 4.79 Å². The molecule has 0 aliphatic rings. The van der Waals surface area contributed by atoms with E-state index in [-0.39, 0.29) is 5.91 Å². The van der Waals surface area contributed by atoms with Crippen molar-refractivity contribution in [2.45, 2.75) is 39.7 Å². The van der Waals surface area contributed by atoms with Crippen molar-refractivity contribution in [1.29, 1.82) is 0 Å². The Morgan fingerprint density at radius 3 is 2.76 bits per heavy atom. The van der Waals surface area contributed by atoms with Crippen LogP contribution in [0.25, 0.3) is 11.0 Å². The van der Waals surface area contributed by atoms with Crippen LogP contribution in [0.3, 0.4) is 0 Å². The Bertz CT molecular complexity index is 911. The van der Waals surface area contributed by atoms with Crippen LogP contribution in [0.2, 0.25) is 5.02 Å². The highest BCUT2D eigenvalue weighted by molar-refractivity contribution is 6.30. The number of fused-ring (bicyclic) bond motifs is 1. The van der Waals surface area contributed by atoms with Crippen molar-refractivity contribution in [3.05, 3.63) is 69.9 Å². The lowest BCUT2D eigenvalue weighted by molar-refractivity contribution is -0.120. The molecule has 2 aromatic carbocycles. The van der Waals surface area contributed by atoms with Crippen LogP contribution in [0.1, 0.15) is 42.0 Å².